The van der Waals surface area contributed by atoms with Gasteiger partial charge in [-0.05, 0) is 43.9 Å². The average molecular weight is 307 g/mol. The van der Waals surface area contributed by atoms with E-state index in [1.54, 1.807) is 6.92 Å². The Hall–Kier alpha value is -1.10. The molecule has 2 N–H and O–H groups in total. The first-order chi connectivity index (χ1) is 10.6. The maximum absolute atomic E-state index is 12.8. The molecule has 2 aliphatic heterocycles. The summed E-state index contributed by atoms with van der Waals surface area (Å²) in [6, 6.07) is 0.607. The first-order valence-electron chi connectivity index (χ1n) is 8.92. The van der Waals surface area contributed by atoms with E-state index in [0.717, 1.165) is 32.4 Å². The van der Waals surface area contributed by atoms with Crippen molar-refractivity contribution in [2.75, 3.05) is 19.6 Å². The van der Waals surface area contributed by atoms with Crippen molar-refractivity contribution < 1.29 is 9.59 Å². The molecule has 0 aromatic rings. The van der Waals surface area contributed by atoms with Gasteiger partial charge in [-0.3, -0.25) is 9.59 Å². The molecule has 0 bridgehead atoms. The monoisotopic (exact) mass is 307 g/mol. The topological polar surface area (TPSA) is 61.4 Å². The van der Waals surface area contributed by atoms with Crippen molar-refractivity contribution in [3.63, 3.8) is 0 Å². The van der Waals surface area contributed by atoms with Gasteiger partial charge in [-0.25, -0.2) is 0 Å². The quantitative estimate of drug-likeness (QED) is 0.826. The number of fused-ring (bicyclic) bond motifs is 1. The highest BCUT2D eigenvalue weighted by atomic mass is 16.2. The standard InChI is InChI=1S/C17H29N3O2/c1-12(21)18-10-13-5-4-8-20(11-13)17(22)16-9-14-6-2-3-7-15(14)19-16/h13-16,19H,2-11H2,1H3,(H,18,21). The third kappa shape index (κ3) is 3.62. The van der Waals surface area contributed by atoms with Crippen LogP contribution in [0, 0.1) is 11.8 Å². The number of carbonyl (C=O) groups excluding carboxylic acids is 2. The van der Waals surface area contributed by atoms with Crippen molar-refractivity contribution in [2.45, 2.75) is 64.0 Å². The molecule has 1 aliphatic carbocycles. The summed E-state index contributed by atoms with van der Waals surface area (Å²) in [5.74, 6) is 1.43. The van der Waals surface area contributed by atoms with E-state index >= 15 is 0 Å². The molecule has 22 heavy (non-hydrogen) atoms. The molecular formula is C17H29N3O2. The molecule has 4 atom stereocenters. The Labute approximate surface area is 133 Å². The molecule has 3 fully saturated rings. The van der Waals surface area contributed by atoms with Crippen molar-refractivity contribution in [3.05, 3.63) is 0 Å². The van der Waals surface area contributed by atoms with E-state index in [1.807, 2.05) is 4.90 Å². The molecular weight excluding hydrogens is 278 g/mol. The molecule has 3 aliphatic rings. The second kappa shape index (κ2) is 6.99. The number of carbonyl (C=O) groups is 2. The smallest absolute Gasteiger partial charge is 0.239 e. The van der Waals surface area contributed by atoms with Gasteiger partial charge >= 0.3 is 0 Å². The zero-order valence-corrected chi connectivity index (χ0v) is 13.6. The number of hydrogen-bond acceptors (Lipinski definition) is 3. The van der Waals surface area contributed by atoms with Crippen LogP contribution in [-0.2, 0) is 9.59 Å². The SMILES string of the molecule is CC(=O)NCC1CCCN(C(=O)C2CC3CCCCC3N2)C1. The van der Waals surface area contributed by atoms with Gasteiger partial charge in [-0.15, -0.1) is 0 Å². The first kappa shape index (κ1) is 15.8. The van der Waals surface area contributed by atoms with Crippen LogP contribution in [0.5, 0.6) is 0 Å². The van der Waals surface area contributed by atoms with Crippen molar-refractivity contribution in [1.29, 1.82) is 0 Å². The Balaban J connectivity index is 1.52. The maximum atomic E-state index is 12.8. The number of nitrogens with one attached hydrogen (secondary N) is 2. The van der Waals surface area contributed by atoms with Crippen LogP contribution in [0.4, 0.5) is 0 Å². The first-order valence-corrected chi connectivity index (χ1v) is 8.92. The number of piperidine rings is 1. The summed E-state index contributed by atoms with van der Waals surface area (Å²) in [6.07, 6.45) is 8.33. The predicted octanol–water partition coefficient (Wildman–Crippen LogP) is 1.28. The van der Waals surface area contributed by atoms with E-state index in [9.17, 15) is 9.59 Å². The van der Waals surface area contributed by atoms with Gasteiger partial charge in [0.05, 0.1) is 6.04 Å². The molecule has 3 rings (SSSR count). The Morgan fingerprint density at radius 2 is 2.00 bits per heavy atom. The van der Waals surface area contributed by atoms with E-state index in [0.29, 0.717) is 30.3 Å². The molecule has 124 valence electrons. The lowest BCUT2D eigenvalue weighted by Crippen LogP contribution is -2.50. The number of likely N-dealkylation sites (tertiary alicyclic amines) is 1. The van der Waals surface area contributed by atoms with Crippen LogP contribution in [0.2, 0.25) is 0 Å². The van der Waals surface area contributed by atoms with Crippen LogP contribution >= 0.6 is 0 Å². The molecule has 2 saturated heterocycles. The summed E-state index contributed by atoms with van der Waals surface area (Å²) in [7, 11) is 0. The van der Waals surface area contributed by atoms with Gasteiger partial charge in [0, 0.05) is 32.6 Å². The summed E-state index contributed by atoms with van der Waals surface area (Å²) in [5.41, 5.74) is 0. The van der Waals surface area contributed by atoms with Crippen LogP contribution in [0.3, 0.4) is 0 Å². The number of nitrogens with zero attached hydrogens (tertiary/aromatic N) is 1. The van der Waals surface area contributed by atoms with Crippen LogP contribution in [0.15, 0.2) is 0 Å². The average Bonchev–Trinajstić information content (AvgIpc) is 2.96. The highest BCUT2D eigenvalue weighted by Crippen LogP contribution is 2.34. The summed E-state index contributed by atoms with van der Waals surface area (Å²) >= 11 is 0. The number of rotatable bonds is 3. The summed E-state index contributed by atoms with van der Waals surface area (Å²) in [5, 5.41) is 6.49. The van der Waals surface area contributed by atoms with Gasteiger partial charge in [0.15, 0.2) is 0 Å². The third-order valence-electron chi connectivity index (χ3n) is 5.63. The minimum absolute atomic E-state index is 0.0185. The van der Waals surface area contributed by atoms with Gasteiger partial charge in [-0.2, -0.15) is 0 Å². The second-order valence-electron chi connectivity index (χ2n) is 7.34. The molecule has 1 saturated carbocycles. The molecule has 4 unspecified atom stereocenters. The van der Waals surface area contributed by atoms with Gasteiger partial charge < -0.3 is 15.5 Å². The Morgan fingerprint density at radius 1 is 1.18 bits per heavy atom. The summed E-state index contributed by atoms with van der Waals surface area (Å²) in [4.78, 5) is 25.9. The molecule has 0 spiro atoms. The van der Waals surface area contributed by atoms with E-state index in [-0.39, 0.29) is 11.9 Å². The van der Waals surface area contributed by atoms with Crippen LogP contribution in [-0.4, -0.2) is 48.4 Å². The molecule has 2 amide bonds. The minimum Gasteiger partial charge on any atom is -0.356 e. The van der Waals surface area contributed by atoms with Gasteiger partial charge in [0.25, 0.3) is 0 Å². The Kier molecular flexibility index (Phi) is 5.01. The zero-order valence-electron chi connectivity index (χ0n) is 13.6. The molecule has 0 aromatic heterocycles. The Bertz CT molecular complexity index is 412. The van der Waals surface area contributed by atoms with Gasteiger partial charge in [0.2, 0.25) is 11.8 Å². The summed E-state index contributed by atoms with van der Waals surface area (Å²) in [6.45, 7) is 3.92. The van der Waals surface area contributed by atoms with Crippen molar-refractivity contribution >= 4 is 11.8 Å². The van der Waals surface area contributed by atoms with Crippen molar-refractivity contribution in [1.82, 2.24) is 15.5 Å². The molecule has 0 aromatic carbocycles. The van der Waals surface area contributed by atoms with Crippen LogP contribution in [0.1, 0.15) is 51.9 Å². The third-order valence-corrected chi connectivity index (χ3v) is 5.63. The lowest BCUT2D eigenvalue weighted by Gasteiger charge is -2.34. The van der Waals surface area contributed by atoms with E-state index in [1.165, 1.54) is 25.7 Å². The fourth-order valence-corrected chi connectivity index (χ4v) is 4.45. The van der Waals surface area contributed by atoms with E-state index < -0.39 is 0 Å². The van der Waals surface area contributed by atoms with Crippen LogP contribution < -0.4 is 10.6 Å². The lowest BCUT2D eigenvalue weighted by molar-refractivity contribution is -0.135. The number of hydrogen-bond donors (Lipinski definition) is 2. The minimum atomic E-state index is 0.0185. The Morgan fingerprint density at radius 3 is 2.77 bits per heavy atom. The number of amides is 2. The maximum Gasteiger partial charge on any atom is 0.239 e. The van der Waals surface area contributed by atoms with Crippen molar-refractivity contribution in [2.24, 2.45) is 11.8 Å². The molecule has 5 heteroatoms. The lowest BCUT2D eigenvalue weighted by atomic mass is 9.85. The van der Waals surface area contributed by atoms with Crippen LogP contribution in [0.25, 0.3) is 0 Å². The van der Waals surface area contributed by atoms with Gasteiger partial charge in [0.1, 0.15) is 0 Å². The molecule has 5 nitrogen and oxygen atoms in total. The molecule has 0 radical (unpaired) electrons. The fraction of sp³-hybridized carbons (Fsp3) is 0.882. The highest BCUT2D eigenvalue weighted by Gasteiger charge is 2.40. The fourth-order valence-electron chi connectivity index (χ4n) is 4.45. The van der Waals surface area contributed by atoms with E-state index in [4.69, 9.17) is 0 Å². The van der Waals surface area contributed by atoms with Gasteiger partial charge in [-0.1, -0.05) is 12.8 Å². The summed E-state index contributed by atoms with van der Waals surface area (Å²) < 4.78 is 0. The molecule has 2 heterocycles. The highest BCUT2D eigenvalue weighted by molar-refractivity contribution is 5.82. The van der Waals surface area contributed by atoms with Crippen molar-refractivity contribution in [3.8, 4) is 0 Å². The zero-order chi connectivity index (χ0) is 15.5. The largest absolute Gasteiger partial charge is 0.356 e. The van der Waals surface area contributed by atoms with E-state index in [2.05, 4.69) is 10.6 Å². The predicted molar refractivity (Wildman–Crippen MR) is 85.3 cm³/mol. The second-order valence-corrected chi connectivity index (χ2v) is 7.34. The normalized spacial score (nSPS) is 35.0.